The van der Waals surface area contributed by atoms with Gasteiger partial charge in [0.05, 0.1) is 11.3 Å². The van der Waals surface area contributed by atoms with Gasteiger partial charge in [0.2, 0.25) is 11.7 Å². The average molecular weight is 466 g/mol. The van der Waals surface area contributed by atoms with Gasteiger partial charge in [0.15, 0.2) is 0 Å². The lowest BCUT2D eigenvalue weighted by Crippen LogP contribution is -2.40. The van der Waals surface area contributed by atoms with Crippen LogP contribution in [0.25, 0.3) is 0 Å². The molecule has 33 heavy (non-hydrogen) atoms. The normalized spacial score (nSPS) is 20.8. The molecule has 0 spiro atoms. The Labute approximate surface area is 191 Å². The van der Waals surface area contributed by atoms with Gasteiger partial charge in [-0.25, -0.2) is 4.98 Å². The van der Waals surface area contributed by atoms with Crippen molar-refractivity contribution in [2.24, 2.45) is 0 Å². The van der Waals surface area contributed by atoms with Gasteiger partial charge < -0.3 is 20.0 Å². The van der Waals surface area contributed by atoms with Gasteiger partial charge in [0.25, 0.3) is 5.91 Å². The van der Waals surface area contributed by atoms with Crippen LogP contribution >= 0.6 is 0 Å². The number of carbonyl (C=O) groups is 1. The number of nitrogens with one attached hydrogen (secondary N) is 2. The SMILES string of the molecule is Cc1cc(C(=O)N[C@H]2CC[C@@H](Nc3nc4c(c(N(C)C)n3)CCCC4)CC2)c(C(F)(F)F)o1. The fraction of sp³-hybridized carbons (Fsp3) is 0.609. The molecule has 10 heteroatoms. The van der Waals surface area contributed by atoms with E-state index in [9.17, 15) is 18.0 Å². The predicted molar refractivity (Wildman–Crippen MR) is 119 cm³/mol. The Morgan fingerprint density at radius 2 is 1.76 bits per heavy atom. The second kappa shape index (κ2) is 9.23. The van der Waals surface area contributed by atoms with Crippen molar-refractivity contribution >= 4 is 17.7 Å². The van der Waals surface area contributed by atoms with E-state index < -0.39 is 23.4 Å². The van der Waals surface area contributed by atoms with Crippen molar-refractivity contribution in [3.8, 4) is 0 Å². The zero-order valence-corrected chi connectivity index (χ0v) is 19.2. The van der Waals surface area contributed by atoms with Gasteiger partial charge in [0.1, 0.15) is 11.6 Å². The Hall–Kier alpha value is -2.78. The lowest BCUT2D eigenvalue weighted by Gasteiger charge is -2.30. The summed E-state index contributed by atoms with van der Waals surface area (Å²) in [5.74, 6) is -0.351. The molecule has 4 rings (SSSR count). The number of amides is 1. The van der Waals surface area contributed by atoms with Gasteiger partial charge in [-0.2, -0.15) is 18.2 Å². The van der Waals surface area contributed by atoms with Gasteiger partial charge >= 0.3 is 6.18 Å². The summed E-state index contributed by atoms with van der Waals surface area (Å²) in [7, 11) is 3.97. The first-order valence-corrected chi connectivity index (χ1v) is 11.4. The van der Waals surface area contributed by atoms with Crippen LogP contribution in [0.1, 0.15) is 71.7 Å². The molecule has 2 N–H and O–H groups in total. The number of rotatable bonds is 5. The highest BCUT2D eigenvalue weighted by Gasteiger charge is 2.40. The number of aromatic nitrogens is 2. The van der Waals surface area contributed by atoms with Gasteiger partial charge in [-0.3, -0.25) is 4.79 Å². The highest BCUT2D eigenvalue weighted by molar-refractivity contribution is 5.95. The Balaban J connectivity index is 1.36. The van der Waals surface area contributed by atoms with Crippen LogP contribution in [-0.4, -0.2) is 42.1 Å². The third-order valence-electron chi connectivity index (χ3n) is 6.34. The van der Waals surface area contributed by atoms with Crippen molar-refractivity contribution in [2.45, 2.75) is 76.6 Å². The van der Waals surface area contributed by atoms with E-state index in [1.54, 1.807) is 0 Å². The summed E-state index contributed by atoms with van der Waals surface area (Å²) >= 11 is 0. The van der Waals surface area contributed by atoms with E-state index in [4.69, 9.17) is 14.4 Å². The van der Waals surface area contributed by atoms with E-state index in [0.717, 1.165) is 56.1 Å². The highest BCUT2D eigenvalue weighted by atomic mass is 19.4. The summed E-state index contributed by atoms with van der Waals surface area (Å²) in [5, 5.41) is 6.18. The number of halogens is 3. The summed E-state index contributed by atoms with van der Waals surface area (Å²) < 4.78 is 44.2. The first-order valence-electron chi connectivity index (χ1n) is 11.4. The van der Waals surface area contributed by atoms with E-state index in [1.165, 1.54) is 12.5 Å². The van der Waals surface area contributed by atoms with Gasteiger partial charge in [-0.05, 0) is 64.4 Å². The maximum Gasteiger partial charge on any atom is 0.450 e. The quantitative estimate of drug-likeness (QED) is 0.677. The molecule has 0 atom stereocenters. The predicted octanol–water partition coefficient (Wildman–Crippen LogP) is 4.49. The molecule has 1 fully saturated rings. The maximum absolute atomic E-state index is 13.1. The van der Waals surface area contributed by atoms with Crippen molar-refractivity contribution in [3.05, 3.63) is 34.4 Å². The molecule has 0 aliphatic heterocycles. The van der Waals surface area contributed by atoms with Crippen molar-refractivity contribution < 1.29 is 22.4 Å². The molecular formula is C23H30F3N5O2. The standard InChI is InChI=1S/C23H30F3N5O2/c1-13-12-17(19(33-13)23(24,25)26)21(32)27-14-8-10-15(11-9-14)28-22-29-18-7-5-4-6-16(18)20(30-22)31(2)3/h12,14-15H,4-11H2,1-3H3,(H,27,32)(H,28,29,30)/t14-,15+. The number of furan rings is 1. The molecule has 2 aliphatic rings. The molecule has 0 bridgehead atoms. The monoisotopic (exact) mass is 465 g/mol. The Morgan fingerprint density at radius 3 is 2.42 bits per heavy atom. The fourth-order valence-corrected chi connectivity index (χ4v) is 4.73. The van der Waals surface area contributed by atoms with E-state index >= 15 is 0 Å². The number of hydrogen-bond acceptors (Lipinski definition) is 6. The summed E-state index contributed by atoms with van der Waals surface area (Å²) in [5.41, 5.74) is 1.88. The van der Waals surface area contributed by atoms with Crippen LogP contribution in [0.5, 0.6) is 0 Å². The summed E-state index contributed by atoms with van der Waals surface area (Å²) in [6, 6.07) is 1.10. The van der Waals surface area contributed by atoms with E-state index in [0.29, 0.717) is 18.8 Å². The largest absolute Gasteiger partial charge is 0.456 e. The first-order chi connectivity index (χ1) is 15.6. The topological polar surface area (TPSA) is 83.3 Å². The molecule has 0 radical (unpaired) electrons. The lowest BCUT2D eigenvalue weighted by molar-refractivity contribution is -0.153. The number of fused-ring (bicyclic) bond motifs is 1. The van der Waals surface area contributed by atoms with E-state index in [-0.39, 0.29) is 17.8 Å². The molecule has 0 unspecified atom stereocenters. The fourth-order valence-electron chi connectivity index (χ4n) is 4.73. The van der Waals surface area contributed by atoms with Gasteiger partial charge in [-0.15, -0.1) is 0 Å². The van der Waals surface area contributed by atoms with E-state index in [1.807, 2.05) is 19.0 Å². The highest BCUT2D eigenvalue weighted by Crippen LogP contribution is 2.34. The first kappa shape index (κ1) is 23.4. The number of carbonyl (C=O) groups excluding carboxylic acids is 1. The average Bonchev–Trinajstić information content (AvgIpc) is 3.17. The number of aryl methyl sites for hydroxylation is 2. The zero-order chi connectivity index (χ0) is 23.8. The molecule has 1 saturated carbocycles. The summed E-state index contributed by atoms with van der Waals surface area (Å²) in [4.78, 5) is 24.0. The molecule has 2 aromatic heterocycles. The molecule has 2 aliphatic carbocycles. The maximum atomic E-state index is 13.1. The second-order valence-electron chi connectivity index (χ2n) is 9.16. The molecule has 1 amide bonds. The second-order valence-corrected chi connectivity index (χ2v) is 9.16. The van der Waals surface area contributed by atoms with Crippen LogP contribution in [0.2, 0.25) is 0 Å². The number of hydrogen-bond donors (Lipinski definition) is 2. The van der Waals surface area contributed by atoms with Crippen molar-refractivity contribution in [1.29, 1.82) is 0 Å². The molecule has 180 valence electrons. The van der Waals surface area contributed by atoms with Crippen molar-refractivity contribution in [3.63, 3.8) is 0 Å². The Kier molecular flexibility index (Phi) is 6.54. The summed E-state index contributed by atoms with van der Waals surface area (Å²) in [6.07, 6.45) is 2.39. The van der Waals surface area contributed by atoms with Crippen LogP contribution in [0.4, 0.5) is 24.9 Å². The molecular weight excluding hydrogens is 435 g/mol. The van der Waals surface area contributed by atoms with E-state index in [2.05, 4.69) is 10.6 Å². The van der Waals surface area contributed by atoms with Crippen LogP contribution in [0, 0.1) is 6.92 Å². The lowest BCUT2D eigenvalue weighted by atomic mass is 9.91. The van der Waals surface area contributed by atoms with Crippen LogP contribution < -0.4 is 15.5 Å². The molecule has 7 nitrogen and oxygen atoms in total. The minimum absolute atomic E-state index is 0.0579. The molecule has 2 aromatic rings. The number of nitrogens with zero attached hydrogens (tertiary/aromatic N) is 3. The van der Waals surface area contributed by atoms with Crippen molar-refractivity contribution in [2.75, 3.05) is 24.3 Å². The van der Waals surface area contributed by atoms with Crippen LogP contribution in [0.15, 0.2) is 10.5 Å². The summed E-state index contributed by atoms with van der Waals surface area (Å²) in [6.45, 7) is 1.40. The van der Waals surface area contributed by atoms with Crippen LogP contribution in [-0.2, 0) is 19.0 Å². The van der Waals surface area contributed by atoms with Crippen LogP contribution in [0.3, 0.4) is 0 Å². The molecule has 0 aromatic carbocycles. The number of alkyl halides is 3. The Morgan fingerprint density at radius 1 is 1.09 bits per heavy atom. The number of anilines is 2. The smallest absolute Gasteiger partial charge is 0.450 e. The van der Waals surface area contributed by atoms with Crippen molar-refractivity contribution in [1.82, 2.24) is 15.3 Å². The van der Waals surface area contributed by atoms with Gasteiger partial charge in [0, 0.05) is 31.7 Å². The molecule has 0 saturated heterocycles. The third-order valence-corrected chi connectivity index (χ3v) is 6.34. The third kappa shape index (κ3) is 5.25. The molecule has 2 heterocycles. The minimum atomic E-state index is -4.71. The minimum Gasteiger partial charge on any atom is -0.456 e. The van der Waals surface area contributed by atoms with Gasteiger partial charge in [-0.1, -0.05) is 0 Å². The Bertz CT molecular complexity index is 1010. The zero-order valence-electron chi connectivity index (χ0n) is 19.2.